The Morgan fingerprint density at radius 3 is 2.47 bits per heavy atom. The number of nitrogens with zero attached hydrogens (tertiary/aromatic N) is 1. The zero-order valence-corrected chi connectivity index (χ0v) is 16.3. The minimum absolute atomic E-state index is 0.0683. The standard InChI is InChI=1S/C20H20F4N2O4/c1-26(11-12-3-6-16(29-2)17(9-12)30-20(23)24)18(27)7-8-25-19(28)14-5-4-13(21)10-15(14)22/h3-6,9-10,20H,7-8,11H2,1-2H3,(H,25,28). The topological polar surface area (TPSA) is 67.9 Å². The third kappa shape index (κ3) is 6.36. The molecule has 30 heavy (non-hydrogen) atoms. The second kappa shape index (κ2) is 10.5. The minimum atomic E-state index is -3.02. The average Bonchev–Trinajstić information content (AvgIpc) is 2.67. The summed E-state index contributed by atoms with van der Waals surface area (Å²) in [6.07, 6.45) is -0.0817. The first-order chi connectivity index (χ1) is 14.2. The molecule has 2 amide bonds. The van der Waals surface area contributed by atoms with E-state index >= 15 is 0 Å². The molecule has 0 aliphatic rings. The van der Waals surface area contributed by atoms with Crippen molar-refractivity contribution in [2.24, 2.45) is 0 Å². The SMILES string of the molecule is COc1ccc(CN(C)C(=O)CCNC(=O)c2ccc(F)cc2F)cc1OC(F)F. The lowest BCUT2D eigenvalue weighted by Crippen LogP contribution is -2.32. The summed E-state index contributed by atoms with van der Waals surface area (Å²) in [7, 11) is 2.82. The van der Waals surface area contributed by atoms with E-state index in [1.54, 1.807) is 6.07 Å². The van der Waals surface area contributed by atoms with Crippen molar-refractivity contribution in [2.45, 2.75) is 19.6 Å². The summed E-state index contributed by atoms with van der Waals surface area (Å²) in [6, 6.07) is 6.94. The molecule has 0 radical (unpaired) electrons. The zero-order valence-electron chi connectivity index (χ0n) is 16.3. The van der Waals surface area contributed by atoms with Gasteiger partial charge in [0.2, 0.25) is 5.91 Å². The number of carbonyl (C=O) groups is 2. The number of hydrogen-bond donors (Lipinski definition) is 1. The van der Waals surface area contributed by atoms with E-state index in [1.807, 2.05) is 0 Å². The fourth-order valence-corrected chi connectivity index (χ4v) is 2.61. The smallest absolute Gasteiger partial charge is 0.387 e. The van der Waals surface area contributed by atoms with Crippen molar-refractivity contribution in [3.8, 4) is 11.5 Å². The second-order valence-electron chi connectivity index (χ2n) is 6.24. The van der Waals surface area contributed by atoms with Crippen molar-refractivity contribution in [3.63, 3.8) is 0 Å². The van der Waals surface area contributed by atoms with Crippen LogP contribution >= 0.6 is 0 Å². The maximum Gasteiger partial charge on any atom is 0.387 e. The summed E-state index contributed by atoms with van der Waals surface area (Å²) < 4.78 is 60.9. The molecule has 2 aromatic rings. The third-order valence-corrected chi connectivity index (χ3v) is 4.09. The average molecular weight is 428 g/mol. The Bertz CT molecular complexity index is 908. The van der Waals surface area contributed by atoms with Crippen LogP contribution in [0.4, 0.5) is 17.6 Å². The third-order valence-electron chi connectivity index (χ3n) is 4.09. The van der Waals surface area contributed by atoms with Crippen molar-refractivity contribution in [3.05, 3.63) is 59.2 Å². The predicted octanol–water partition coefficient (Wildman–Crippen LogP) is 3.35. The van der Waals surface area contributed by atoms with Crippen LogP contribution in [0.25, 0.3) is 0 Å². The maximum absolute atomic E-state index is 13.6. The van der Waals surface area contributed by atoms with Gasteiger partial charge in [-0.1, -0.05) is 6.07 Å². The molecule has 0 spiro atoms. The first-order valence-electron chi connectivity index (χ1n) is 8.80. The quantitative estimate of drug-likeness (QED) is 0.622. The number of nitrogens with one attached hydrogen (secondary N) is 1. The first kappa shape index (κ1) is 23.0. The Labute approximate surface area is 170 Å². The minimum Gasteiger partial charge on any atom is -0.493 e. The molecular weight excluding hydrogens is 408 g/mol. The highest BCUT2D eigenvalue weighted by atomic mass is 19.3. The molecule has 0 unspecified atom stereocenters. The number of halogens is 4. The number of rotatable bonds is 9. The molecule has 0 aliphatic heterocycles. The molecule has 0 saturated heterocycles. The highest BCUT2D eigenvalue weighted by molar-refractivity contribution is 5.94. The Hall–Kier alpha value is -3.30. The molecule has 0 atom stereocenters. The van der Waals surface area contributed by atoms with Crippen LogP contribution in [0.5, 0.6) is 11.5 Å². The van der Waals surface area contributed by atoms with Crippen LogP contribution < -0.4 is 14.8 Å². The van der Waals surface area contributed by atoms with Crippen molar-refractivity contribution in [2.75, 3.05) is 20.7 Å². The Balaban J connectivity index is 1.89. The van der Waals surface area contributed by atoms with Crippen LogP contribution in [0.2, 0.25) is 0 Å². The van der Waals surface area contributed by atoms with Gasteiger partial charge < -0.3 is 19.7 Å². The fraction of sp³-hybridized carbons (Fsp3) is 0.300. The largest absolute Gasteiger partial charge is 0.493 e. The van der Waals surface area contributed by atoms with Gasteiger partial charge in [0.05, 0.1) is 12.7 Å². The van der Waals surface area contributed by atoms with Crippen LogP contribution in [-0.2, 0) is 11.3 Å². The molecule has 2 rings (SSSR count). The number of ether oxygens (including phenoxy) is 2. The van der Waals surface area contributed by atoms with Gasteiger partial charge in [-0.05, 0) is 29.8 Å². The van der Waals surface area contributed by atoms with E-state index in [4.69, 9.17) is 4.74 Å². The van der Waals surface area contributed by atoms with Crippen LogP contribution in [0, 0.1) is 11.6 Å². The van der Waals surface area contributed by atoms with E-state index in [9.17, 15) is 27.2 Å². The molecule has 0 saturated carbocycles. The summed E-state index contributed by atoms with van der Waals surface area (Å²) in [4.78, 5) is 25.5. The normalized spacial score (nSPS) is 10.6. The van der Waals surface area contributed by atoms with Gasteiger partial charge in [-0.25, -0.2) is 8.78 Å². The van der Waals surface area contributed by atoms with Crippen LogP contribution in [0.3, 0.4) is 0 Å². The van der Waals surface area contributed by atoms with Crippen molar-refractivity contribution < 1.29 is 36.6 Å². The number of carbonyl (C=O) groups excluding carboxylic acids is 2. The van der Waals surface area contributed by atoms with Gasteiger partial charge in [-0.15, -0.1) is 0 Å². The van der Waals surface area contributed by atoms with Crippen molar-refractivity contribution in [1.29, 1.82) is 0 Å². The molecule has 162 valence electrons. The number of amides is 2. The summed E-state index contributed by atoms with van der Waals surface area (Å²) in [6.45, 7) is -2.99. The van der Waals surface area contributed by atoms with Gasteiger partial charge in [0.15, 0.2) is 11.5 Å². The number of benzene rings is 2. The molecule has 0 aromatic heterocycles. The fourth-order valence-electron chi connectivity index (χ4n) is 2.61. The molecule has 0 heterocycles. The summed E-state index contributed by atoms with van der Waals surface area (Å²) in [5.41, 5.74) is 0.196. The number of hydrogen-bond acceptors (Lipinski definition) is 4. The van der Waals surface area contributed by atoms with Gasteiger partial charge in [0, 0.05) is 32.6 Å². The molecular formula is C20H20F4N2O4. The Morgan fingerprint density at radius 2 is 1.83 bits per heavy atom. The lowest BCUT2D eigenvalue weighted by molar-refractivity contribution is -0.130. The Kier molecular flexibility index (Phi) is 8.02. The van der Waals surface area contributed by atoms with Gasteiger partial charge in [-0.2, -0.15) is 8.78 Å². The molecule has 0 aliphatic carbocycles. The summed E-state index contributed by atoms with van der Waals surface area (Å²) in [5.74, 6) is -2.95. The second-order valence-corrected chi connectivity index (χ2v) is 6.24. The number of alkyl halides is 2. The molecule has 0 bridgehead atoms. The Morgan fingerprint density at radius 1 is 1.10 bits per heavy atom. The molecule has 2 aromatic carbocycles. The van der Waals surface area contributed by atoms with E-state index in [0.717, 1.165) is 12.1 Å². The molecule has 10 heteroatoms. The predicted molar refractivity (Wildman–Crippen MR) is 99.4 cm³/mol. The van der Waals surface area contributed by atoms with Crippen LogP contribution in [0.1, 0.15) is 22.3 Å². The highest BCUT2D eigenvalue weighted by Crippen LogP contribution is 2.29. The van der Waals surface area contributed by atoms with Gasteiger partial charge >= 0.3 is 6.61 Å². The lowest BCUT2D eigenvalue weighted by atomic mass is 10.2. The molecule has 1 N–H and O–H groups in total. The van der Waals surface area contributed by atoms with Gasteiger partial charge in [0.1, 0.15) is 11.6 Å². The lowest BCUT2D eigenvalue weighted by Gasteiger charge is -2.19. The van der Waals surface area contributed by atoms with E-state index < -0.39 is 24.2 Å². The van der Waals surface area contributed by atoms with Crippen LogP contribution in [0.15, 0.2) is 36.4 Å². The van der Waals surface area contributed by atoms with Gasteiger partial charge in [0.25, 0.3) is 5.91 Å². The highest BCUT2D eigenvalue weighted by Gasteiger charge is 2.16. The zero-order chi connectivity index (χ0) is 22.3. The first-order valence-corrected chi connectivity index (χ1v) is 8.80. The van der Waals surface area contributed by atoms with E-state index in [1.165, 1.54) is 31.2 Å². The van der Waals surface area contributed by atoms with Gasteiger partial charge in [-0.3, -0.25) is 9.59 Å². The van der Waals surface area contributed by atoms with Crippen molar-refractivity contribution >= 4 is 11.8 Å². The summed E-state index contributed by atoms with van der Waals surface area (Å²) in [5, 5.41) is 2.39. The maximum atomic E-state index is 13.6. The van der Waals surface area contributed by atoms with Crippen molar-refractivity contribution in [1.82, 2.24) is 10.2 Å². The van der Waals surface area contributed by atoms with Crippen LogP contribution in [-0.4, -0.2) is 44.0 Å². The monoisotopic (exact) mass is 428 g/mol. The molecule has 6 nitrogen and oxygen atoms in total. The number of methoxy groups -OCH3 is 1. The summed E-state index contributed by atoms with van der Waals surface area (Å²) >= 11 is 0. The van der Waals surface area contributed by atoms with E-state index in [-0.39, 0.29) is 42.5 Å². The van der Waals surface area contributed by atoms with E-state index in [0.29, 0.717) is 11.6 Å². The van der Waals surface area contributed by atoms with E-state index in [2.05, 4.69) is 10.1 Å². The molecule has 0 fully saturated rings.